The third kappa shape index (κ3) is 3.19. The molecule has 1 amide bonds. The van der Waals surface area contributed by atoms with Crippen molar-refractivity contribution < 1.29 is 34.8 Å². The monoisotopic (exact) mass is 500 g/mol. The summed E-state index contributed by atoms with van der Waals surface area (Å²) in [5.74, 6) is -6.88. The molecule has 0 saturated heterocycles. The fourth-order valence-electron chi connectivity index (χ4n) is 6.34. The lowest BCUT2D eigenvalue weighted by Gasteiger charge is -2.56. The largest absolute Gasteiger partial charge is 0.508 e. The third-order valence-corrected chi connectivity index (χ3v) is 7.74. The van der Waals surface area contributed by atoms with Crippen LogP contribution >= 0.6 is 0 Å². The minimum Gasteiger partial charge on any atom is -0.508 e. The summed E-state index contributed by atoms with van der Waals surface area (Å²) in [5, 5.41) is 45.0. The standard InChI is InChI=1S/C25H32N4O7/c1-27(2)12-7-8-13(30)14-10(12)9-11-15(20(14)31)22(33)25(36)17(18(11)28(3)4)19(29(5)6)21(32)16(23(25)34)24(26)35/h7-8,11,17-19,30-31,34,36H,9H2,1-6H3,(H2,26,35)/t11-,17+,18+,19+,25+/m1/s1. The lowest BCUT2D eigenvalue weighted by molar-refractivity contribution is -0.161. The van der Waals surface area contributed by atoms with Crippen LogP contribution < -0.4 is 10.6 Å². The maximum Gasteiger partial charge on any atom is 0.255 e. The van der Waals surface area contributed by atoms with Gasteiger partial charge < -0.3 is 36.0 Å². The molecule has 0 unspecified atom stereocenters. The quantitative estimate of drug-likeness (QED) is 0.342. The van der Waals surface area contributed by atoms with Gasteiger partial charge in [-0.3, -0.25) is 19.3 Å². The van der Waals surface area contributed by atoms with Crippen LogP contribution in [0.5, 0.6) is 5.75 Å². The summed E-state index contributed by atoms with van der Waals surface area (Å²) < 4.78 is 0. The van der Waals surface area contributed by atoms with Gasteiger partial charge in [-0.15, -0.1) is 0 Å². The number of rotatable bonds is 4. The number of hydrogen-bond acceptors (Lipinski definition) is 10. The van der Waals surface area contributed by atoms with Gasteiger partial charge in [0.1, 0.15) is 22.8 Å². The van der Waals surface area contributed by atoms with E-state index in [4.69, 9.17) is 5.73 Å². The van der Waals surface area contributed by atoms with Crippen LogP contribution in [0, 0.1) is 11.8 Å². The number of anilines is 1. The van der Waals surface area contributed by atoms with Crippen molar-refractivity contribution in [1.82, 2.24) is 9.80 Å². The number of phenolic OH excluding ortho intramolecular Hbond substituents is 1. The second kappa shape index (κ2) is 8.32. The molecule has 0 radical (unpaired) electrons. The van der Waals surface area contributed by atoms with E-state index in [9.17, 15) is 34.8 Å². The number of carbonyl (C=O) groups is 3. The van der Waals surface area contributed by atoms with Crippen molar-refractivity contribution in [2.75, 3.05) is 47.2 Å². The molecule has 4 rings (SSSR count). The van der Waals surface area contributed by atoms with Gasteiger partial charge >= 0.3 is 0 Å². The van der Waals surface area contributed by atoms with Crippen molar-refractivity contribution in [3.05, 3.63) is 40.2 Å². The zero-order chi connectivity index (χ0) is 27.0. The van der Waals surface area contributed by atoms with Crippen LogP contribution in [-0.4, -0.2) is 108 Å². The molecule has 1 fully saturated rings. The van der Waals surface area contributed by atoms with E-state index in [2.05, 4.69) is 0 Å². The fourth-order valence-corrected chi connectivity index (χ4v) is 6.34. The minimum atomic E-state index is -2.71. The summed E-state index contributed by atoms with van der Waals surface area (Å²) in [7, 11) is 10.2. The molecule has 36 heavy (non-hydrogen) atoms. The lowest BCUT2D eigenvalue weighted by Crippen LogP contribution is -2.72. The highest BCUT2D eigenvalue weighted by atomic mass is 16.3. The van der Waals surface area contributed by atoms with Gasteiger partial charge in [0.05, 0.1) is 11.6 Å². The van der Waals surface area contributed by atoms with Gasteiger partial charge in [0.2, 0.25) is 5.78 Å². The number of ketones is 2. The van der Waals surface area contributed by atoms with Crippen LogP contribution in [0.25, 0.3) is 5.76 Å². The maximum absolute atomic E-state index is 14.0. The number of Topliss-reactive ketones (excluding diaryl/α,β-unsaturated/α-hetero) is 2. The average molecular weight is 501 g/mol. The van der Waals surface area contributed by atoms with Gasteiger partial charge in [-0.1, -0.05) is 0 Å². The Balaban J connectivity index is 2.11. The Hall–Kier alpha value is -3.41. The number of amides is 1. The van der Waals surface area contributed by atoms with E-state index in [0.717, 1.165) is 5.69 Å². The van der Waals surface area contributed by atoms with Crippen molar-refractivity contribution in [3.63, 3.8) is 0 Å². The van der Waals surface area contributed by atoms with Crippen molar-refractivity contribution >= 4 is 28.9 Å². The topological polar surface area (TPSA) is 168 Å². The third-order valence-electron chi connectivity index (χ3n) is 7.74. The first-order valence-electron chi connectivity index (χ1n) is 11.5. The minimum absolute atomic E-state index is 0.0648. The highest BCUT2D eigenvalue weighted by Crippen LogP contribution is 2.54. The second-order valence-electron chi connectivity index (χ2n) is 10.4. The molecular weight excluding hydrogens is 468 g/mol. The molecule has 3 aliphatic rings. The Morgan fingerprint density at radius 1 is 1.03 bits per heavy atom. The number of aliphatic hydroxyl groups excluding tert-OH is 2. The average Bonchev–Trinajstić information content (AvgIpc) is 2.75. The number of aliphatic hydroxyl groups is 3. The van der Waals surface area contributed by atoms with Gasteiger partial charge in [0.15, 0.2) is 11.4 Å². The normalized spacial score (nSPS) is 29.9. The predicted molar refractivity (Wildman–Crippen MR) is 131 cm³/mol. The maximum atomic E-state index is 14.0. The Bertz CT molecular complexity index is 1250. The summed E-state index contributed by atoms with van der Waals surface area (Å²) in [5.41, 5.74) is 3.04. The number of nitrogens with zero attached hydrogens (tertiary/aromatic N) is 3. The zero-order valence-electron chi connectivity index (χ0n) is 21.1. The van der Waals surface area contributed by atoms with E-state index in [1.807, 2.05) is 19.0 Å². The molecule has 0 bridgehead atoms. The number of phenols is 1. The summed E-state index contributed by atoms with van der Waals surface area (Å²) >= 11 is 0. The van der Waals surface area contributed by atoms with Crippen molar-refractivity contribution in [3.8, 4) is 5.75 Å². The number of carbonyl (C=O) groups excluding carboxylic acids is 3. The van der Waals surface area contributed by atoms with E-state index in [1.54, 1.807) is 39.2 Å². The van der Waals surface area contributed by atoms with Gasteiger partial charge in [-0.05, 0) is 52.3 Å². The molecule has 0 aliphatic heterocycles. The molecule has 1 saturated carbocycles. The second-order valence-corrected chi connectivity index (χ2v) is 10.4. The Labute approximate surface area is 208 Å². The highest BCUT2D eigenvalue weighted by molar-refractivity contribution is 6.24. The van der Waals surface area contributed by atoms with Gasteiger partial charge in [0.25, 0.3) is 5.91 Å². The summed E-state index contributed by atoms with van der Waals surface area (Å²) in [6, 6.07) is 1.19. The molecule has 0 heterocycles. The van der Waals surface area contributed by atoms with Crippen LogP contribution in [0.1, 0.15) is 11.1 Å². The molecular formula is C25H32N4O7. The molecule has 5 atom stereocenters. The van der Waals surface area contributed by atoms with Gasteiger partial charge in [-0.25, -0.2) is 0 Å². The van der Waals surface area contributed by atoms with E-state index >= 15 is 0 Å². The van der Waals surface area contributed by atoms with Crippen LogP contribution in [0.15, 0.2) is 29.0 Å². The Kier molecular flexibility index (Phi) is 5.94. The summed E-state index contributed by atoms with van der Waals surface area (Å²) in [6.07, 6.45) is 0.208. The van der Waals surface area contributed by atoms with Crippen molar-refractivity contribution in [2.24, 2.45) is 17.6 Å². The lowest BCUT2D eigenvalue weighted by atomic mass is 9.55. The molecule has 6 N–H and O–H groups in total. The SMILES string of the molecule is CN(C)c1ccc(O)c2c1C[C@@H]1C(=C2O)C(=O)[C@]2(O)C(O)=C(C(N)=O)C(=O)[C@@H](N(C)C)[C@@H]2[C@H]1N(C)C. The molecule has 11 heteroatoms. The van der Waals surface area contributed by atoms with Gasteiger partial charge in [0, 0.05) is 43.2 Å². The molecule has 0 aromatic heterocycles. The molecule has 1 aromatic carbocycles. The van der Waals surface area contributed by atoms with E-state index in [1.165, 1.54) is 11.0 Å². The Morgan fingerprint density at radius 3 is 2.14 bits per heavy atom. The van der Waals surface area contributed by atoms with Crippen LogP contribution in [0.4, 0.5) is 5.69 Å². The van der Waals surface area contributed by atoms with Crippen LogP contribution in [0.3, 0.4) is 0 Å². The van der Waals surface area contributed by atoms with E-state index < -0.39 is 64.1 Å². The number of benzene rings is 1. The first-order valence-corrected chi connectivity index (χ1v) is 11.5. The van der Waals surface area contributed by atoms with Crippen LogP contribution in [-0.2, 0) is 20.8 Å². The number of aromatic hydroxyl groups is 1. The first kappa shape index (κ1) is 25.7. The van der Waals surface area contributed by atoms with Crippen LogP contribution in [0.2, 0.25) is 0 Å². The molecule has 1 aromatic rings. The molecule has 11 nitrogen and oxygen atoms in total. The summed E-state index contributed by atoms with van der Waals surface area (Å²) in [4.78, 5) is 44.6. The fraction of sp³-hybridized carbons (Fsp3) is 0.480. The van der Waals surface area contributed by atoms with E-state index in [0.29, 0.717) is 5.56 Å². The smallest absolute Gasteiger partial charge is 0.255 e. The number of nitrogens with two attached hydrogens (primary N) is 1. The summed E-state index contributed by atoms with van der Waals surface area (Å²) in [6.45, 7) is 0. The van der Waals surface area contributed by atoms with Crippen molar-refractivity contribution in [2.45, 2.75) is 24.1 Å². The number of primary amides is 1. The zero-order valence-corrected chi connectivity index (χ0v) is 21.1. The number of hydrogen-bond donors (Lipinski definition) is 5. The Morgan fingerprint density at radius 2 is 1.64 bits per heavy atom. The highest BCUT2D eigenvalue weighted by Gasteiger charge is 2.68. The molecule has 194 valence electrons. The van der Waals surface area contributed by atoms with E-state index in [-0.39, 0.29) is 23.3 Å². The number of likely N-dealkylation sites (N-methyl/N-ethyl adjacent to an activating group) is 1. The van der Waals surface area contributed by atoms with Crippen molar-refractivity contribution in [1.29, 1.82) is 0 Å². The first-order chi connectivity index (χ1) is 16.7. The number of fused-ring (bicyclic) bond motifs is 3. The van der Waals surface area contributed by atoms with Gasteiger partial charge in [-0.2, -0.15) is 0 Å². The molecule has 3 aliphatic carbocycles. The molecule has 0 spiro atoms. The predicted octanol–water partition coefficient (Wildman–Crippen LogP) is -0.430.